The van der Waals surface area contributed by atoms with Crippen molar-refractivity contribution in [2.75, 3.05) is 7.05 Å². The summed E-state index contributed by atoms with van der Waals surface area (Å²) < 4.78 is 30.9. The van der Waals surface area contributed by atoms with Crippen molar-refractivity contribution in [1.82, 2.24) is 4.31 Å². The molecule has 0 fully saturated rings. The highest BCUT2D eigenvalue weighted by Crippen LogP contribution is 2.24. The Bertz CT molecular complexity index is 715. The highest BCUT2D eigenvalue weighted by Gasteiger charge is 2.27. The third-order valence-corrected chi connectivity index (χ3v) is 5.40. The second-order valence-corrected chi connectivity index (χ2v) is 7.02. The van der Waals surface area contributed by atoms with Gasteiger partial charge >= 0.3 is 5.97 Å². The van der Waals surface area contributed by atoms with E-state index in [9.17, 15) is 13.2 Å². The third kappa shape index (κ3) is 2.77. The number of sulfonamides is 1. The van der Waals surface area contributed by atoms with Gasteiger partial charge in [-0.15, -0.1) is 0 Å². The number of carboxylic acids is 1. The van der Waals surface area contributed by atoms with Crippen LogP contribution in [0.2, 0.25) is 0 Å². The number of hydrogen-bond donors (Lipinski definition) is 1. The van der Waals surface area contributed by atoms with Crippen molar-refractivity contribution in [2.24, 2.45) is 0 Å². The predicted molar refractivity (Wildman–Crippen MR) is 73.4 cm³/mol. The van der Waals surface area contributed by atoms with Crippen LogP contribution >= 0.6 is 11.3 Å². The lowest BCUT2D eigenvalue weighted by Crippen LogP contribution is -2.26. The van der Waals surface area contributed by atoms with E-state index in [2.05, 4.69) is 0 Å². The first-order chi connectivity index (χ1) is 9.32. The maximum absolute atomic E-state index is 12.4. The van der Waals surface area contributed by atoms with Crippen molar-refractivity contribution in [2.45, 2.75) is 18.4 Å². The monoisotopic (exact) mass is 315 g/mol. The Balaban J connectivity index is 2.32. The highest BCUT2D eigenvalue weighted by atomic mass is 32.2. The lowest BCUT2D eigenvalue weighted by molar-refractivity contribution is 0.0661. The fourth-order valence-electron chi connectivity index (χ4n) is 1.72. The number of nitrogens with zero attached hydrogens (tertiary/aromatic N) is 1. The molecule has 20 heavy (non-hydrogen) atoms. The Labute approximate surface area is 120 Å². The third-order valence-electron chi connectivity index (χ3n) is 2.76. The van der Waals surface area contributed by atoms with Crippen LogP contribution in [-0.2, 0) is 16.6 Å². The molecule has 0 amide bonds. The van der Waals surface area contributed by atoms with Crippen LogP contribution in [0.25, 0.3) is 0 Å². The lowest BCUT2D eigenvalue weighted by Gasteiger charge is -2.15. The van der Waals surface area contributed by atoms with E-state index in [0.29, 0.717) is 0 Å². The fraction of sp³-hybridized carbons (Fsp3) is 0.250. The van der Waals surface area contributed by atoms with E-state index in [0.717, 1.165) is 11.6 Å². The van der Waals surface area contributed by atoms with Crippen molar-refractivity contribution < 1.29 is 22.7 Å². The predicted octanol–water partition coefficient (Wildman–Crippen LogP) is 2.17. The Morgan fingerprint density at radius 1 is 1.50 bits per heavy atom. The molecule has 0 aliphatic carbocycles. The maximum Gasteiger partial charge on any atom is 0.371 e. The molecule has 2 rings (SSSR count). The molecule has 6 nitrogen and oxygen atoms in total. The molecule has 8 heteroatoms. The molecule has 0 bridgehead atoms. The summed E-state index contributed by atoms with van der Waals surface area (Å²) >= 11 is 1.48. The quantitative estimate of drug-likeness (QED) is 0.913. The SMILES string of the molecule is Cc1oc(C(=O)O)cc1S(=O)(=O)N(C)Cc1ccsc1. The van der Waals surface area contributed by atoms with E-state index in [4.69, 9.17) is 9.52 Å². The second kappa shape index (κ2) is 5.39. The summed E-state index contributed by atoms with van der Waals surface area (Å²) in [6.07, 6.45) is 0. The van der Waals surface area contributed by atoms with E-state index in [-0.39, 0.29) is 23.0 Å². The zero-order valence-electron chi connectivity index (χ0n) is 10.9. The Kier molecular flexibility index (Phi) is 3.98. The van der Waals surface area contributed by atoms with E-state index in [1.165, 1.54) is 29.6 Å². The van der Waals surface area contributed by atoms with E-state index >= 15 is 0 Å². The van der Waals surface area contributed by atoms with Gasteiger partial charge in [-0.2, -0.15) is 15.6 Å². The van der Waals surface area contributed by atoms with E-state index < -0.39 is 16.0 Å². The smallest absolute Gasteiger partial charge is 0.371 e. The van der Waals surface area contributed by atoms with Crippen molar-refractivity contribution >= 4 is 27.3 Å². The molecule has 0 saturated carbocycles. The molecule has 2 aromatic heterocycles. The largest absolute Gasteiger partial charge is 0.475 e. The maximum atomic E-state index is 12.4. The molecule has 2 aromatic rings. The lowest BCUT2D eigenvalue weighted by atomic mass is 10.3. The van der Waals surface area contributed by atoms with Gasteiger partial charge in [0.15, 0.2) is 0 Å². The van der Waals surface area contributed by atoms with Gasteiger partial charge < -0.3 is 9.52 Å². The normalized spacial score (nSPS) is 11.9. The Morgan fingerprint density at radius 3 is 2.70 bits per heavy atom. The minimum atomic E-state index is -3.78. The molecule has 0 radical (unpaired) electrons. The van der Waals surface area contributed by atoms with Gasteiger partial charge in [0.2, 0.25) is 15.8 Å². The van der Waals surface area contributed by atoms with Gasteiger partial charge in [-0.25, -0.2) is 13.2 Å². The van der Waals surface area contributed by atoms with Crippen molar-refractivity contribution in [3.8, 4) is 0 Å². The number of aryl methyl sites for hydroxylation is 1. The van der Waals surface area contributed by atoms with Gasteiger partial charge in [0, 0.05) is 19.7 Å². The van der Waals surface area contributed by atoms with E-state index in [1.54, 1.807) is 0 Å². The zero-order valence-corrected chi connectivity index (χ0v) is 12.5. The number of hydrogen-bond acceptors (Lipinski definition) is 5. The number of furan rings is 1. The molecule has 2 heterocycles. The Hall–Kier alpha value is -1.64. The van der Waals surface area contributed by atoms with Crippen LogP contribution in [0, 0.1) is 6.92 Å². The minimum absolute atomic E-state index is 0.0690. The summed E-state index contributed by atoms with van der Waals surface area (Å²) in [7, 11) is -2.33. The minimum Gasteiger partial charge on any atom is -0.475 e. The van der Waals surface area contributed by atoms with Crippen molar-refractivity contribution in [3.05, 3.63) is 40.0 Å². The summed E-state index contributed by atoms with van der Waals surface area (Å²) in [5.41, 5.74) is 0.876. The average Bonchev–Trinajstić information content (AvgIpc) is 2.98. The molecule has 0 aromatic carbocycles. The van der Waals surface area contributed by atoms with E-state index in [1.807, 2.05) is 16.8 Å². The molecule has 0 aliphatic heterocycles. The first-order valence-corrected chi connectivity index (χ1v) is 8.02. The second-order valence-electron chi connectivity index (χ2n) is 4.23. The summed E-state index contributed by atoms with van der Waals surface area (Å²) in [5, 5.41) is 12.6. The van der Waals surface area contributed by atoms with Gasteiger partial charge in [0.1, 0.15) is 10.7 Å². The number of aromatic carboxylic acids is 1. The van der Waals surface area contributed by atoms with Crippen LogP contribution in [0.15, 0.2) is 32.2 Å². The molecular weight excluding hydrogens is 302 g/mol. The van der Waals surface area contributed by atoms with Crippen LogP contribution in [0.3, 0.4) is 0 Å². The van der Waals surface area contributed by atoms with Crippen molar-refractivity contribution in [1.29, 1.82) is 0 Å². The van der Waals surface area contributed by atoms with Gasteiger partial charge in [-0.05, 0) is 29.3 Å². The number of rotatable bonds is 5. The van der Waals surface area contributed by atoms with Gasteiger partial charge in [0.25, 0.3) is 0 Å². The van der Waals surface area contributed by atoms with Gasteiger partial charge in [0.05, 0.1) is 0 Å². The van der Waals surface area contributed by atoms with Crippen LogP contribution in [0.1, 0.15) is 21.9 Å². The Morgan fingerprint density at radius 2 is 2.20 bits per heavy atom. The molecular formula is C12H13NO5S2. The fourth-order valence-corrected chi connectivity index (χ4v) is 3.70. The average molecular weight is 315 g/mol. The summed E-state index contributed by atoms with van der Waals surface area (Å²) in [6, 6.07) is 2.87. The molecule has 1 N–H and O–H groups in total. The summed E-state index contributed by atoms with van der Waals surface area (Å²) in [5.74, 6) is -1.61. The molecule has 0 atom stereocenters. The number of carbonyl (C=O) groups is 1. The zero-order chi connectivity index (χ0) is 14.9. The first-order valence-electron chi connectivity index (χ1n) is 5.63. The van der Waals surface area contributed by atoms with Crippen LogP contribution < -0.4 is 0 Å². The summed E-state index contributed by atoms with van der Waals surface area (Å²) in [6.45, 7) is 1.65. The standard InChI is InChI=1S/C12H13NO5S2/c1-8-11(5-10(18-8)12(14)15)20(16,17)13(2)6-9-3-4-19-7-9/h3-5,7H,6H2,1-2H3,(H,14,15). The van der Waals surface area contributed by atoms with Gasteiger partial charge in [-0.3, -0.25) is 0 Å². The molecule has 108 valence electrons. The molecule has 0 aliphatic rings. The highest BCUT2D eigenvalue weighted by molar-refractivity contribution is 7.89. The van der Waals surface area contributed by atoms with Crippen molar-refractivity contribution in [3.63, 3.8) is 0 Å². The topological polar surface area (TPSA) is 87.8 Å². The summed E-state index contributed by atoms with van der Waals surface area (Å²) in [4.78, 5) is 10.7. The first kappa shape index (κ1) is 14.8. The molecule has 0 saturated heterocycles. The van der Waals surface area contributed by atoms with Crippen LogP contribution in [0.4, 0.5) is 0 Å². The van der Waals surface area contributed by atoms with Crippen LogP contribution in [0.5, 0.6) is 0 Å². The molecule has 0 spiro atoms. The number of thiophene rings is 1. The van der Waals surface area contributed by atoms with Crippen LogP contribution in [-0.4, -0.2) is 30.8 Å². The van der Waals surface area contributed by atoms with Gasteiger partial charge in [-0.1, -0.05) is 0 Å². The number of carboxylic acid groups (broad SMARTS) is 1. The molecule has 0 unspecified atom stereocenters.